The average molecular weight is 1270 g/mol. The van der Waals surface area contributed by atoms with E-state index < -0.39 is 0 Å². The van der Waals surface area contributed by atoms with E-state index in [1.165, 1.54) is 104 Å². The number of rotatable bonds is 11. The summed E-state index contributed by atoms with van der Waals surface area (Å²) in [5.41, 5.74) is 27.6. The molecule has 0 fully saturated rings. The molecule has 0 amide bonds. The minimum Gasteiger partial charge on any atom is -0.454 e. The largest absolute Gasteiger partial charge is 0.454 e. The summed E-state index contributed by atoms with van der Waals surface area (Å²) >= 11 is 0. The molecule has 0 aliphatic heterocycles. The molecule has 0 aliphatic rings. The van der Waals surface area contributed by atoms with Crippen LogP contribution in [0.2, 0.25) is 0 Å². The average Bonchev–Trinajstić information content (AvgIpc) is 1.50. The summed E-state index contributed by atoms with van der Waals surface area (Å²) in [6.45, 7) is 4.50. The van der Waals surface area contributed by atoms with Gasteiger partial charge in [0.15, 0.2) is 11.2 Å². The lowest BCUT2D eigenvalue weighted by Crippen LogP contribution is -2.10. The Morgan fingerprint density at radius 2 is 0.616 bits per heavy atom. The third-order valence-corrected chi connectivity index (χ3v) is 21.1. The Morgan fingerprint density at radius 1 is 0.263 bits per heavy atom. The van der Waals surface area contributed by atoms with Crippen LogP contribution in [0.4, 0.5) is 34.1 Å². The van der Waals surface area contributed by atoms with E-state index in [0.717, 1.165) is 100 Å². The van der Waals surface area contributed by atoms with E-state index in [9.17, 15) is 0 Å². The predicted octanol–water partition coefficient (Wildman–Crippen LogP) is 26.5. The van der Waals surface area contributed by atoms with Crippen molar-refractivity contribution in [2.24, 2.45) is 0 Å². The van der Waals surface area contributed by atoms with Crippen LogP contribution in [0.1, 0.15) is 25.3 Å². The van der Waals surface area contributed by atoms with Crippen LogP contribution >= 0.6 is 0 Å². The molecule has 0 saturated carbocycles. The van der Waals surface area contributed by atoms with E-state index >= 15 is 0 Å². The van der Waals surface area contributed by atoms with Crippen LogP contribution in [0, 0.1) is 0 Å². The van der Waals surface area contributed by atoms with Gasteiger partial charge in [-0.05, 0) is 130 Å². The second-order valence-electron chi connectivity index (χ2n) is 26.8. The molecule has 0 atom stereocenters. The van der Waals surface area contributed by atoms with Crippen molar-refractivity contribution in [1.29, 1.82) is 0 Å². The molecular formula is C93H60N4O2. The first-order valence-electron chi connectivity index (χ1n) is 34.2. The Labute approximate surface area is 569 Å². The Kier molecular flexibility index (Phi) is 11.9. The fourth-order valence-corrected chi connectivity index (χ4v) is 16.7. The van der Waals surface area contributed by atoms with Gasteiger partial charge in [-0.2, -0.15) is 0 Å². The minimum absolute atomic E-state index is 0.413. The number of para-hydroxylation sites is 7. The first kappa shape index (κ1) is 55.4. The van der Waals surface area contributed by atoms with Crippen molar-refractivity contribution < 1.29 is 8.83 Å². The predicted molar refractivity (Wildman–Crippen MR) is 416 cm³/mol. The fourth-order valence-electron chi connectivity index (χ4n) is 16.7. The summed E-state index contributed by atoms with van der Waals surface area (Å²) < 4.78 is 18.7. The highest BCUT2D eigenvalue weighted by Gasteiger charge is 2.32. The van der Waals surface area contributed by atoms with Gasteiger partial charge in [0.05, 0.1) is 44.5 Å². The lowest BCUT2D eigenvalue weighted by Gasteiger charge is -2.26. The van der Waals surface area contributed by atoms with E-state index in [2.05, 4.69) is 342 Å². The summed E-state index contributed by atoms with van der Waals surface area (Å²) in [6, 6.07) is 118. The molecule has 464 valence electrons. The fraction of sp³-hybridized carbons (Fsp3) is 0.0323. The van der Waals surface area contributed by atoms with E-state index in [0.29, 0.717) is 5.92 Å². The molecular weight excluding hydrogens is 1210 g/mol. The molecule has 6 heterocycles. The number of benzene rings is 15. The molecule has 0 N–H and O–H groups in total. The monoisotopic (exact) mass is 1260 g/mol. The summed E-state index contributed by atoms with van der Waals surface area (Å²) in [6.07, 6.45) is 0. The highest BCUT2D eigenvalue weighted by atomic mass is 16.3. The van der Waals surface area contributed by atoms with Crippen molar-refractivity contribution in [3.63, 3.8) is 0 Å². The number of nitrogens with zero attached hydrogens (tertiary/aromatic N) is 4. The molecule has 6 nitrogen and oxygen atoms in total. The lowest BCUT2D eigenvalue weighted by atomic mass is 9.89. The van der Waals surface area contributed by atoms with E-state index in [4.69, 9.17) is 8.83 Å². The SMILES string of the molecule is CC(C)c1ccc(N(c2ccc(-c3ccc4c5cccc6c7c(-c8ccccc8)c8c(c(-c9ccccc9)c7n(c4c3)c56)c3cccc4c5ccc(-c6ccc(N(c7ccccc7)c7cccc9c7oc7ccccc79)cc6)cc5n8c43)cc2)c2cccc3c2oc2ccccc23)cc1. The number of aromatic nitrogens is 2. The molecule has 0 spiro atoms. The van der Waals surface area contributed by atoms with E-state index in [1.807, 2.05) is 12.1 Å². The van der Waals surface area contributed by atoms with Crippen molar-refractivity contribution in [1.82, 2.24) is 8.80 Å². The van der Waals surface area contributed by atoms with Gasteiger partial charge in [-0.1, -0.05) is 250 Å². The Balaban J connectivity index is 0.764. The van der Waals surface area contributed by atoms with Gasteiger partial charge in [0.2, 0.25) is 0 Å². The molecule has 0 bridgehead atoms. The molecule has 15 aromatic carbocycles. The number of hydrogen-bond donors (Lipinski definition) is 0. The first-order valence-corrected chi connectivity index (χ1v) is 34.2. The first-order chi connectivity index (χ1) is 49.0. The van der Waals surface area contributed by atoms with Crippen LogP contribution < -0.4 is 9.80 Å². The van der Waals surface area contributed by atoms with Gasteiger partial charge in [0.1, 0.15) is 11.2 Å². The van der Waals surface area contributed by atoms with E-state index in [1.54, 1.807) is 0 Å². The molecule has 6 aromatic heterocycles. The maximum Gasteiger partial charge on any atom is 0.159 e. The minimum atomic E-state index is 0.413. The molecule has 0 radical (unpaired) electrons. The highest BCUT2D eigenvalue weighted by Crippen LogP contribution is 2.55. The van der Waals surface area contributed by atoms with Gasteiger partial charge < -0.3 is 27.4 Å². The van der Waals surface area contributed by atoms with Crippen LogP contribution in [-0.2, 0) is 0 Å². The Bertz CT molecular complexity index is 6780. The second kappa shape index (κ2) is 21.3. The number of fused-ring (bicyclic) bond motifs is 18. The smallest absolute Gasteiger partial charge is 0.159 e. The van der Waals surface area contributed by atoms with Crippen molar-refractivity contribution in [3.8, 4) is 44.5 Å². The molecule has 99 heavy (non-hydrogen) atoms. The normalized spacial score (nSPS) is 12.2. The van der Waals surface area contributed by atoms with Gasteiger partial charge in [0.25, 0.3) is 0 Å². The number of anilines is 6. The highest BCUT2D eigenvalue weighted by molar-refractivity contribution is 6.38. The number of furan rings is 2. The standard InChI is InChI=1S/C93H60N4O2/c1-56(2)57-38-46-65(47-39-57)95(79-35-19-31-75-71-27-13-15-37-83(71)99-93(75)79)67-50-42-59(43-51-67)63-45-53-69-73-29-17-33-77-87-84(60-20-6-3-7-21-60)90-86(85(61-22-8-4-9-23-61)91(87)97(89(73)77)81(69)55-63)76-32-16-28-72-68-52-44-62(54-80(68)96(90)88(72)76)58-40-48-66(49-41-58)94(64-24-10-5-11-25-64)78-34-18-30-74-70-26-12-14-36-82(70)98-92(74)78/h3-56H,1-2H3. The van der Waals surface area contributed by atoms with Crippen molar-refractivity contribution in [3.05, 3.63) is 327 Å². The quantitative estimate of drug-likeness (QED) is 0.129. The summed E-state index contributed by atoms with van der Waals surface area (Å²) in [5, 5.41) is 14.3. The zero-order valence-corrected chi connectivity index (χ0v) is 54.3. The maximum absolute atomic E-state index is 6.73. The summed E-state index contributed by atoms with van der Waals surface area (Å²) in [4.78, 5) is 4.66. The zero-order valence-electron chi connectivity index (χ0n) is 54.3. The molecule has 21 rings (SSSR count). The van der Waals surface area contributed by atoms with Gasteiger partial charge in [-0.25, -0.2) is 0 Å². The molecule has 0 saturated heterocycles. The molecule has 0 aliphatic carbocycles. The summed E-state index contributed by atoms with van der Waals surface area (Å²) in [5.74, 6) is 0.413. The van der Waals surface area contributed by atoms with Crippen LogP contribution in [0.15, 0.2) is 330 Å². The van der Waals surface area contributed by atoms with Crippen molar-refractivity contribution in [2.45, 2.75) is 19.8 Å². The van der Waals surface area contributed by atoms with E-state index in [-0.39, 0.29) is 0 Å². The molecule has 0 unspecified atom stereocenters. The zero-order chi connectivity index (χ0) is 65.1. The van der Waals surface area contributed by atoms with Crippen LogP contribution in [0.5, 0.6) is 0 Å². The van der Waals surface area contributed by atoms with Crippen LogP contribution in [-0.4, -0.2) is 8.80 Å². The maximum atomic E-state index is 6.73. The topological polar surface area (TPSA) is 41.6 Å². The third-order valence-electron chi connectivity index (χ3n) is 21.1. The summed E-state index contributed by atoms with van der Waals surface area (Å²) in [7, 11) is 0. The van der Waals surface area contributed by atoms with Crippen molar-refractivity contribution in [2.75, 3.05) is 9.80 Å². The lowest BCUT2D eigenvalue weighted by molar-refractivity contribution is 0.668. The van der Waals surface area contributed by atoms with Gasteiger partial charge in [0, 0.05) is 98.5 Å². The van der Waals surface area contributed by atoms with Gasteiger partial charge in [-0.3, -0.25) is 0 Å². The van der Waals surface area contributed by atoms with Gasteiger partial charge >= 0.3 is 0 Å². The second-order valence-corrected chi connectivity index (χ2v) is 26.8. The Morgan fingerprint density at radius 3 is 1.06 bits per heavy atom. The number of hydrogen-bond acceptors (Lipinski definition) is 4. The van der Waals surface area contributed by atoms with Gasteiger partial charge in [-0.15, -0.1) is 0 Å². The van der Waals surface area contributed by atoms with Crippen LogP contribution in [0.3, 0.4) is 0 Å². The Hall–Kier alpha value is -12.9. The molecule has 21 aromatic rings. The molecule has 6 heteroatoms. The van der Waals surface area contributed by atoms with Crippen LogP contribution in [0.25, 0.3) is 165 Å². The third kappa shape index (κ3) is 8.12. The van der Waals surface area contributed by atoms with Crippen molar-refractivity contribution >= 4 is 154 Å².